The molecule has 0 aliphatic heterocycles. The number of unbranched alkanes of at least 4 members (excludes halogenated alkanes) is 2. The highest BCUT2D eigenvalue weighted by atomic mass is 19.4. The molecule has 3 N–H and O–H groups in total. The smallest absolute Gasteiger partial charge is 0.384 e. The summed E-state index contributed by atoms with van der Waals surface area (Å²) in [6, 6.07) is 2.05. The van der Waals surface area contributed by atoms with Crippen molar-refractivity contribution < 1.29 is 13.2 Å². The van der Waals surface area contributed by atoms with Crippen molar-refractivity contribution in [3.8, 4) is 0 Å². The number of amidine groups is 1. The lowest BCUT2D eigenvalue weighted by Crippen LogP contribution is -2.26. The van der Waals surface area contributed by atoms with Crippen LogP contribution in [0.5, 0.6) is 0 Å². The summed E-state index contributed by atoms with van der Waals surface area (Å²) >= 11 is 0. The first-order chi connectivity index (χ1) is 9.27. The normalized spacial score (nSPS) is 11.4. The molecule has 112 valence electrons. The van der Waals surface area contributed by atoms with E-state index in [1.165, 1.54) is 6.07 Å². The van der Waals surface area contributed by atoms with Crippen LogP contribution in [0.15, 0.2) is 12.1 Å². The highest BCUT2D eigenvalue weighted by molar-refractivity contribution is 5.99. The summed E-state index contributed by atoms with van der Waals surface area (Å²) in [6.07, 6.45) is -1.65. The fraction of sp³-hybridized carbons (Fsp3) is 0.538. The van der Waals surface area contributed by atoms with Crippen molar-refractivity contribution in [2.75, 3.05) is 18.5 Å². The average molecular weight is 288 g/mol. The molecular formula is C13H19F3N4. The maximum Gasteiger partial charge on any atom is 0.433 e. The Labute approximate surface area is 116 Å². The molecule has 7 heteroatoms. The van der Waals surface area contributed by atoms with E-state index in [-0.39, 0.29) is 17.2 Å². The molecular weight excluding hydrogens is 269 g/mol. The Bertz CT molecular complexity index is 471. The van der Waals surface area contributed by atoms with Gasteiger partial charge in [-0.05, 0) is 18.6 Å². The molecule has 0 saturated heterocycles. The lowest BCUT2D eigenvalue weighted by molar-refractivity contribution is -0.141. The lowest BCUT2D eigenvalue weighted by atomic mass is 10.2. The Morgan fingerprint density at radius 1 is 1.35 bits per heavy atom. The topological polar surface area (TPSA) is 66.0 Å². The van der Waals surface area contributed by atoms with Crippen molar-refractivity contribution in [2.45, 2.75) is 32.4 Å². The summed E-state index contributed by atoms with van der Waals surface area (Å²) < 4.78 is 38.1. The molecule has 0 saturated carbocycles. The Morgan fingerprint density at radius 3 is 2.50 bits per heavy atom. The molecule has 0 amide bonds. The highest BCUT2D eigenvalue weighted by Crippen LogP contribution is 2.30. The van der Waals surface area contributed by atoms with Crippen molar-refractivity contribution in [2.24, 2.45) is 5.73 Å². The monoisotopic (exact) mass is 288 g/mol. The number of hydrogen-bond donors (Lipinski definition) is 2. The van der Waals surface area contributed by atoms with Gasteiger partial charge in [-0.25, -0.2) is 4.98 Å². The Balaban J connectivity index is 3.08. The van der Waals surface area contributed by atoms with Crippen LogP contribution >= 0.6 is 0 Å². The maximum absolute atomic E-state index is 12.7. The van der Waals surface area contributed by atoms with Crippen molar-refractivity contribution in [1.82, 2.24) is 4.98 Å². The number of hydrogen-bond acceptors (Lipinski definition) is 3. The van der Waals surface area contributed by atoms with E-state index in [1.54, 1.807) is 11.9 Å². The van der Waals surface area contributed by atoms with Crippen LogP contribution in [0, 0.1) is 5.41 Å². The molecule has 0 radical (unpaired) electrons. The molecule has 0 fully saturated rings. The molecule has 1 rings (SSSR count). The van der Waals surface area contributed by atoms with Gasteiger partial charge in [-0.2, -0.15) is 13.2 Å². The number of rotatable bonds is 6. The minimum Gasteiger partial charge on any atom is -0.384 e. The number of halogens is 3. The van der Waals surface area contributed by atoms with Crippen molar-refractivity contribution in [3.05, 3.63) is 23.4 Å². The molecule has 1 heterocycles. The van der Waals surface area contributed by atoms with E-state index < -0.39 is 11.9 Å². The summed E-state index contributed by atoms with van der Waals surface area (Å²) in [4.78, 5) is 5.24. The second-order valence-electron chi connectivity index (χ2n) is 4.61. The molecule has 20 heavy (non-hydrogen) atoms. The predicted octanol–water partition coefficient (Wildman–Crippen LogP) is 3.01. The average Bonchev–Trinajstić information content (AvgIpc) is 2.37. The number of nitrogens with two attached hydrogens (primary N) is 1. The molecule has 0 atom stereocenters. The van der Waals surface area contributed by atoms with Gasteiger partial charge in [0.15, 0.2) is 0 Å². The van der Waals surface area contributed by atoms with Gasteiger partial charge in [0.1, 0.15) is 17.3 Å². The molecule has 1 aromatic heterocycles. The number of alkyl halides is 3. The van der Waals surface area contributed by atoms with Gasteiger partial charge in [0.05, 0.1) is 5.56 Å². The molecule has 0 aromatic carbocycles. The number of anilines is 1. The number of nitrogen functional groups attached to an aromatic ring is 1. The Morgan fingerprint density at radius 2 is 2.00 bits per heavy atom. The van der Waals surface area contributed by atoms with Gasteiger partial charge in [0.25, 0.3) is 0 Å². The summed E-state index contributed by atoms with van der Waals surface area (Å²) in [6.45, 7) is 2.62. The summed E-state index contributed by atoms with van der Waals surface area (Å²) in [5, 5.41) is 7.44. The minimum absolute atomic E-state index is 0.100. The van der Waals surface area contributed by atoms with E-state index in [1.807, 2.05) is 6.92 Å². The first kappa shape index (κ1) is 16.3. The first-order valence-electron chi connectivity index (χ1n) is 6.41. The van der Waals surface area contributed by atoms with Gasteiger partial charge in [0, 0.05) is 13.6 Å². The molecule has 1 aromatic rings. The van der Waals surface area contributed by atoms with Crippen LogP contribution in [0.3, 0.4) is 0 Å². The van der Waals surface area contributed by atoms with Gasteiger partial charge < -0.3 is 10.6 Å². The zero-order chi connectivity index (χ0) is 15.3. The largest absolute Gasteiger partial charge is 0.433 e. The van der Waals surface area contributed by atoms with Crippen LogP contribution in [-0.2, 0) is 6.18 Å². The SMILES string of the molecule is CCCCCN(C)c1nc(C(F)(F)F)ccc1C(=N)N. The summed E-state index contributed by atoms with van der Waals surface area (Å²) in [7, 11) is 1.66. The number of pyridine rings is 1. The second-order valence-corrected chi connectivity index (χ2v) is 4.61. The van der Waals surface area contributed by atoms with Gasteiger partial charge in [-0.3, -0.25) is 5.41 Å². The lowest BCUT2D eigenvalue weighted by Gasteiger charge is -2.22. The Hall–Kier alpha value is -1.79. The fourth-order valence-electron chi connectivity index (χ4n) is 1.81. The highest BCUT2D eigenvalue weighted by Gasteiger charge is 2.33. The standard InChI is InChI=1S/C13H19F3N4/c1-3-4-5-8-20(2)12-9(11(17)18)6-7-10(19-12)13(14,15)16/h6-7H,3-5,8H2,1-2H3,(H3,17,18). The quantitative estimate of drug-likeness (QED) is 0.480. The predicted molar refractivity (Wildman–Crippen MR) is 73.1 cm³/mol. The van der Waals surface area contributed by atoms with E-state index >= 15 is 0 Å². The van der Waals surface area contributed by atoms with Crippen LogP contribution < -0.4 is 10.6 Å². The number of nitrogens with one attached hydrogen (secondary N) is 1. The van der Waals surface area contributed by atoms with Crippen LogP contribution in [0.4, 0.5) is 19.0 Å². The second kappa shape index (κ2) is 6.58. The summed E-state index contributed by atoms with van der Waals surface area (Å²) in [5.41, 5.74) is 4.65. The third kappa shape index (κ3) is 4.11. The van der Waals surface area contributed by atoms with Gasteiger partial charge >= 0.3 is 6.18 Å². The third-order valence-corrected chi connectivity index (χ3v) is 2.91. The van der Waals surface area contributed by atoms with Crippen molar-refractivity contribution >= 4 is 11.7 Å². The number of aromatic nitrogens is 1. The third-order valence-electron chi connectivity index (χ3n) is 2.91. The molecule has 4 nitrogen and oxygen atoms in total. The van der Waals surface area contributed by atoms with E-state index in [4.69, 9.17) is 11.1 Å². The first-order valence-corrected chi connectivity index (χ1v) is 6.41. The van der Waals surface area contributed by atoms with Crippen LogP contribution in [-0.4, -0.2) is 24.4 Å². The van der Waals surface area contributed by atoms with Crippen molar-refractivity contribution in [3.63, 3.8) is 0 Å². The molecule has 0 unspecified atom stereocenters. The fourth-order valence-corrected chi connectivity index (χ4v) is 1.81. The van der Waals surface area contributed by atoms with E-state index in [0.29, 0.717) is 6.54 Å². The molecule has 0 spiro atoms. The van der Waals surface area contributed by atoms with E-state index in [2.05, 4.69) is 4.98 Å². The summed E-state index contributed by atoms with van der Waals surface area (Å²) in [5.74, 6) is -0.188. The van der Waals surface area contributed by atoms with Crippen LogP contribution in [0.1, 0.15) is 37.4 Å². The van der Waals surface area contributed by atoms with Crippen molar-refractivity contribution in [1.29, 1.82) is 5.41 Å². The van der Waals surface area contributed by atoms with E-state index in [9.17, 15) is 13.2 Å². The molecule has 0 aliphatic rings. The van der Waals surface area contributed by atoms with Crippen LogP contribution in [0.25, 0.3) is 0 Å². The molecule has 0 aliphatic carbocycles. The van der Waals surface area contributed by atoms with E-state index in [0.717, 1.165) is 25.3 Å². The Kier molecular flexibility index (Phi) is 5.35. The minimum atomic E-state index is -4.51. The number of nitrogens with zero attached hydrogens (tertiary/aromatic N) is 2. The van der Waals surface area contributed by atoms with Gasteiger partial charge in [-0.1, -0.05) is 19.8 Å². The zero-order valence-corrected chi connectivity index (χ0v) is 11.6. The van der Waals surface area contributed by atoms with Crippen LogP contribution in [0.2, 0.25) is 0 Å². The van der Waals surface area contributed by atoms with Gasteiger partial charge in [0.2, 0.25) is 0 Å². The maximum atomic E-state index is 12.7. The zero-order valence-electron chi connectivity index (χ0n) is 11.6. The van der Waals surface area contributed by atoms with Gasteiger partial charge in [-0.15, -0.1) is 0 Å². The molecule has 0 bridgehead atoms.